The summed E-state index contributed by atoms with van der Waals surface area (Å²) in [6.07, 6.45) is 6.31. The normalized spacial score (nSPS) is 20.1. The first-order chi connectivity index (χ1) is 34.6. The van der Waals surface area contributed by atoms with E-state index in [2.05, 4.69) is 17.1 Å². The van der Waals surface area contributed by atoms with Crippen molar-refractivity contribution in [2.75, 3.05) is 65.6 Å². The minimum absolute atomic E-state index is 0.142. The number of nitrogens with one attached hydrogen (secondary N) is 1. The van der Waals surface area contributed by atoms with Gasteiger partial charge in [-0.15, -0.1) is 0 Å². The Labute approximate surface area is 445 Å². The van der Waals surface area contributed by atoms with Crippen molar-refractivity contribution < 1.29 is 45.0 Å². The lowest BCUT2D eigenvalue weighted by molar-refractivity contribution is -0.120. The summed E-state index contributed by atoms with van der Waals surface area (Å²) in [7, 11) is -10.3. The van der Waals surface area contributed by atoms with Gasteiger partial charge in [0.15, 0.2) is 0 Å². The first kappa shape index (κ1) is 63.4. The molecule has 74 heavy (non-hydrogen) atoms. The number of aryl methyl sites for hydroxylation is 9. The van der Waals surface area contributed by atoms with Crippen LogP contribution < -0.4 is 11.1 Å². The molecular formula is C55H90N6O10S3. The average Bonchev–Trinajstić information content (AvgIpc) is 3.29. The topological polar surface area (TPSA) is 220 Å². The fourth-order valence-electron chi connectivity index (χ4n) is 10.6. The molecule has 7 rings (SSSR count). The van der Waals surface area contributed by atoms with Crippen LogP contribution in [0.3, 0.4) is 0 Å². The summed E-state index contributed by atoms with van der Waals surface area (Å²) >= 11 is 0. The summed E-state index contributed by atoms with van der Waals surface area (Å²) in [5.41, 5.74) is 13.2. The molecule has 4 heterocycles. The predicted octanol–water partition coefficient (Wildman–Crippen LogP) is 6.64. The summed E-state index contributed by atoms with van der Waals surface area (Å²) in [6.45, 7) is 28.7. The highest BCUT2D eigenvalue weighted by atomic mass is 32.2. The fourth-order valence-corrected chi connectivity index (χ4v) is 16.2. The van der Waals surface area contributed by atoms with Crippen molar-refractivity contribution in [3.63, 3.8) is 0 Å². The second-order valence-corrected chi connectivity index (χ2v) is 26.8. The molecule has 5 N–H and O–H groups in total. The van der Waals surface area contributed by atoms with E-state index in [-0.39, 0.29) is 18.0 Å². The number of ketones is 1. The summed E-state index contributed by atoms with van der Waals surface area (Å²) in [5, 5.41) is 21.2. The number of sulfonamides is 3. The van der Waals surface area contributed by atoms with Gasteiger partial charge < -0.3 is 26.0 Å². The van der Waals surface area contributed by atoms with Crippen LogP contribution in [0.2, 0.25) is 0 Å². The number of carbonyl (C=O) groups is 1. The van der Waals surface area contributed by atoms with E-state index < -0.39 is 30.1 Å². The first-order valence-electron chi connectivity index (χ1n) is 26.5. The lowest BCUT2D eigenvalue weighted by Gasteiger charge is -2.40. The number of aliphatic hydroxyl groups is 2. The second-order valence-electron chi connectivity index (χ2n) is 21.2. The highest BCUT2D eigenvalue weighted by molar-refractivity contribution is 7.89. The van der Waals surface area contributed by atoms with Crippen LogP contribution in [0.5, 0.6) is 0 Å². The number of ether oxygens (including phenoxy) is 1. The molecule has 4 aliphatic rings. The van der Waals surface area contributed by atoms with Gasteiger partial charge in [0, 0.05) is 70.7 Å². The molecule has 4 fully saturated rings. The van der Waals surface area contributed by atoms with Gasteiger partial charge in [-0.1, -0.05) is 53.1 Å². The highest BCUT2D eigenvalue weighted by Gasteiger charge is 2.36. The lowest BCUT2D eigenvalue weighted by Crippen LogP contribution is -2.50. The van der Waals surface area contributed by atoms with Crippen LogP contribution in [0, 0.1) is 62.3 Å². The summed E-state index contributed by atoms with van der Waals surface area (Å²) in [5.74, 6) is 0.142. The molecule has 0 radical (unpaired) electrons. The van der Waals surface area contributed by atoms with E-state index in [9.17, 15) is 35.2 Å². The number of aliphatic hydroxyl groups excluding tert-OH is 2. The van der Waals surface area contributed by atoms with E-state index in [4.69, 9.17) is 15.6 Å². The van der Waals surface area contributed by atoms with Gasteiger partial charge in [-0.25, -0.2) is 25.3 Å². The third-order valence-corrected chi connectivity index (χ3v) is 20.8. The van der Waals surface area contributed by atoms with Crippen molar-refractivity contribution in [2.45, 2.75) is 186 Å². The van der Waals surface area contributed by atoms with Gasteiger partial charge in [-0.2, -0.15) is 12.9 Å². The second kappa shape index (κ2) is 28.4. The predicted molar refractivity (Wildman–Crippen MR) is 295 cm³/mol. The van der Waals surface area contributed by atoms with Crippen molar-refractivity contribution >= 4 is 35.9 Å². The molecule has 0 bridgehead atoms. The van der Waals surface area contributed by atoms with Gasteiger partial charge in [0.25, 0.3) is 0 Å². The molecule has 4 aliphatic heterocycles. The molecule has 16 nitrogen and oxygen atoms in total. The van der Waals surface area contributed by atoms with Crippen molar-refractivity contribution in [3.8, 4) is 0 Å². The van der Waals surface area contributed by atoms with Gasteiger partial charge in [0.05, 0.1) is 39.7 Å². The van der Waals surface area contributed by atoms with Crippen LogP contribution >= 0.6 is 0 Å². The molecule has 3 unspecified atom stereocenters. The standard InChI is InChI=1S/C19H30N2O3S.C18H30N2O3S.C14H19NO3S.C4H11NO/c1-14-11-15(2)19(16(3)12-14)25(22,23)21-9-6-18(7-10-21)20-8-5-17(4)24-13-20;1-13-11-14(2)18(15(3)12-13)24(22,23)20-9-6-17(7-10-20)19-8-5-16(4)21;1-10-8-11(2)14(12(3)9-10)19(17,18)15-6-4-13(16)5-7-15;1-4(6)2-3-5/h11-12,17-18H,5-10,13H2,1-4H3;11-12,16-17,19,21H,5-10H2,1-4H3;8-9H,4-7H2,1-3H3;4,6H,2-3,5H2,1H3. The lowest BCUT2D eigenvalue weighted by atomic mass is 10.0. The molecule has 19 heteroatoms. The number of benzene rings is 3. The van der Waals surface area contributed by atoms with Crippen LogP contribution in [0.4, 0.5) is 0 Å². The maximum absolute atomic E-state index is 13.2. The molecular weight excluding hydrogens is 1000 g/mol. The zero-order chi connectivity index (χ0) is 55.3. The Kier molecular flexibility index (Phi) is 24.4. The summed E-state index contributed by atoms with van der Waals surface area (Å²) in [4.78, 5) is 15.0. The van der Waals surface area contributed by atoms with Crippen molar-refractivity contribution in [3.05, 3.63) is 86.5 Å². The number of piperidine rings is 3. The Hall–Kier alpha value is -3.18. The van der Waals surface area contributed by atoms with Crippen molar-refractivity contribution in [2.24, 2.45) is 5.73 Å². The highest BCUT2D eigenvalue weighted by Crippen LogP contribution is 2.31. The Balaban J connectivity index is 0.000000229. The molecule has 4 saturated heterocycles. The first-order valence-corrected chi connectivity index (χ1v) is 30.8. The molecule has 3 aromatic rings. The van der Waals surface area contributed by atoms with Crippen molar-refractivity contribution in [1.29, 1.82) is 0 Å². The Morgan fingerprint density at radius 3 is 1.23 bits per heavy atom. The van der Waals surface area contributed by atoms with E-state index in [1.54, 1.807) is 22.5 Å². The molecule has 0 aliphatic carbocycles. The fraction of sp³-hybridized carbons (Fsp3) is 0.655. The molecule has 418 valence electrons. The molecule has 0 aromatic heterocycles. The maximum atomic E-state index is 13.2. The zero-order valence-corrected chi connectivity index (χ0v) is 49.0. The molecule has 3 aromatic carbocycles. The van der Waals surface area contributed by atoms with Crippen LogP contribution in [-0.4, -0.2) is 155 Å². The smallest absolute Gasteiger partial charge is 0.243 e. The van der Waals surface area contributed by atoms with Crippen LogP contribution in [0.1, 0.15) is 129 Å². The number of hydrogen-bond acceptors (Lipinski definition) is 13. The van der Waals surface area contributed by atoms with Gasteiger partial charge in [-0.05, 0) is 175 Å². The maximum Gasteiger partial charge on any atom is 0.243 e. The zero-order valence-electron chi connectivity index (χ0n) is 46.5. The van der Waals surface area contributed by atoms with Crippen LogP contribution in [-0.2, 0) is 39.6 Å². The summed E-state index contributed by atoms with van der Waals surface area (Å²) < 4.78 is 88.1. The van der Waals surface area contributed by atoms with Gasteiger partial charge in [0.1, 0.15) is 5.78 Å². The third-order valence-electron chi connectivity index (χ3n) is 14.2. The van der Waals surface area contributed by atoms with Crippen LogP contribution in [0.25, 0.3) is 0 Å². The van der Waals surface area contributed by atoms with E-state index in [0.29, 0.717) is 105 Å². The largest absolute Gasteiger partial charge is 0.393 e. The Bertz CT molecular complexity index is 2580. The quantitative estimate of drug-likeness (QED) is 0.141. The SMILES string of the molecule is CC(O)CCN.Cc1cc(C)c(S(=O)(=O)N2CCC(=O)CC2)c(C)c1.Cc1cc(C)c(S(=O)(=O)N2CCC(N3CCC(C)OC3)CC2)c(C)c1.Cc1cc(C)c(S(=O)(=O)N2CCC(NCCC(C)O)CC2)c(C)c1. The molecule has 0 saturated carbocycles. The monoisotopic (exact) mass is 1090 g/mol. The third kappa shape index (κ3) is 17.7. The number of Topliss-reactive ketones (excluding diaryl/α,β-unsaturated/α-hetero) is 1. The minimum atomic E-state index is -3.48. The number of carbonyl (C=O) groups excluding carboxylic acids is 1. The minimum Gasteiger partial charge on any atom is -0.393 e. The average molecular weight is 1090 g/mol. The van der Waals surface area contributed by atoms with E-state index in [0.717, 1.165) is 102 Å². The van der Waals surface area contributed by atoms with E-state index in [1.807, 2.05) is 98.7 Å². The van der Waals surface area contributed by atoms with Crippen molar-refractivity contribution in [1.82, 2.24) is 23.1 Å². The Morgan fingerprint density at radius 2 is 0.919 bits per heavy atom. The molecule has 3 atom stereocenters. The number of hydrogen-bond donors (Lipinski definition) is 4. The van der Waals surface area contributed by atoms with Gasteiger partial charge in [-0.3, -0.25) is 9.69 Å². The van der Waals surface area contributed by atoms with Gasteiger partial charge >= 0.3 is 0 Å². The number of nitrogens with two attached hydrogens (primary N) is 1. The Morgan fingerprint density at radius 1 is 0.568 bits per heavy atom. The summed E-state index contributed by atoms with van der Waals surface area (Å²) in [6, 6.07) is 12.3. The molecule has 0 amide bonds. The molecule has 0 spiro atoms. The van der Waals surface area contributed by atoms with E-state index in [1.165, 1.54) is 4.31 Å². The van der Waals surface area contributed by atoms with E-state index >= 15 is 0 Å². The van der Waals surface area contributed by atoms with Crippen LogP contribution in [0.15, 0.2) is 51.1 Å². The van der Waals surface area contributed by atoms with Gasteiger partial charge in [0.2, 0.25) is 30.1 Å². The number of rotatable bonds is 13. The number of nitrogens with zero attached hydrogens (tertiary/aromatic N) is 4.